The summed E-state index contributed by atoms with van der Waals surface area (Å²) in [6.07, 6.45) is 0. The second-order valence-electron chi connectivity index (χ2n) is 4.75. The van der Waals surface area contributed by atoms with Crippen LogP contribution in [-0.4, -0.2) is 29.1 Å². The lowest BCUT2D eigenvalue weighted by molar-refractivity contribution is -0.142. The predicted octanol–water partition coefficient (Wildman–Crippen LogP) is 2.60. The molecule has 2 rings (SSSR count). The third kappa shape index (κ3) is 3.07. The highest BCUT2D eigenvalue weighted by Crippen LogP contribution is 2.25. The number of carbonyl (C=O) groups is 1. The highest BCUT2D eigenvalue weighted by Gasteiger charge is 2.34. The second-order valence-corrected chi connectivity index (χ2v) is 5.66. The average Bonchev–Trinajstić information content (AvgIpc) is 2.59. The first-order chi connectivity index (χ1) is 8.06. The van der Waals surface area contributed by atoms with Crippen LogP contribution in [0.5, 0.6) is 0 Å². The minimum absolute atomic E-state index is 0.220. The molecule has 1 saturated heterocycles. The number of nitrogens with zero attached hydrogens (tertiary/aromatic N) is 1. The Labute approximate surface area is 110 Å². The molecule has 1 aliphatic rings. The molecule has 4 heteroatoms. The molecule has 3 nitrogen and oxygen atoms in total. The number of likely N-dealkylation sites (tertiary alicyclic amines) is 1. The van der Waals surface area contributed by atoms with Crippen molar-refractivity contribution in [2.75, 3.05) is 13.1 Å². The molecule has 1 aliphatic heterocycles. The minimum Gasteiger partial charge on any atom is -0.481 e. The molecule has 0 spiro atoms. The van der Waals surface area contributed by atoms with E-state index in [1.165, 1.54) is 5.56 Å². The monoisotopic (exact) mass is 297 g/mol. The molecule has 1 N–H and O–H groups in total. The lowest BCUT2D eigenvalue weighted by Crippen LogP contribution is -2.23. The highest BCUT2D eigenvalue weighted by molar-refractivity contribution is 9.10. The van der Waals surface area contributed by atoms with Gasteiger partial charge >= 0.3 is 5.97 Å². The summed E-state index contributed by atoms with van der Waals surface area (Å²) < 4.78 is 1.07. The number of benzene rings is 1. The summed E-state index contributed by atoms with van der Waals surface area (Å²) in [6, 6.07) is 8.16. The average molecular weight is 298 g/mol. The van der Waals surface area contributed by atoms with Gasteiger partial charge in [0.2, 0.25) is 0 Å². The Hall–Kier alpha value is -0.870. The predicted molar refractivity (Wildman–Crippen MR) is 69.7 cm³/mol. The van der Waals surface area contributed by atoms with Crippen LogP contribution in [0.2, 0.25) is 0 Å². The topological polar surface area (TPSA) is 40.5 Å². The molecule has 17 heavy (non-hydrogen) atoms. The molecule has 0 radical (unpaired) electrons. The van der Waals surface area contributed by atoms with Gasteiger partial charge in [0.25, 0.3) is 0 Å². The maximum atomic E-state index is 11.0. The molecule has 1 aromatic rings. The number of hydrogen-bond acceptors (Lipinski definition) is 2. The summed E-state index contributed by atoms with van der Waals surface area (Å²) in [7, 11) is 0. The first-order valence-electron chi connectivity index (χ1n) is 5.76. The molecule has 0 aliphatic carbocycles. The normalized spacial score (nSPS) is 25.1. The number of carboxylic acid groups (broad SMARTS) is 1. The highest BCUT2D eigenvalue weighted by atomic mass is 79.9. The molecule has 92 valence electrons. The molecule has 0 bridgehead atoms. The number of carboxylic acids is 1. The SMILES string of the molecule is CC1CN(Cc2cccc(Br)c2)CC1C(=O)O. The van der Waals surface area contributed by atoms with Gasteiger partial charge in [-0.3, -0.25) is 9.69 Å². The third-order valence-corrected chi connectivity index (χ3v) is 3.79. The van der Waals surface area contributed by atoms with Gasteiger partial charge in [-0.1, -0.05) is 35.0 Å². The molecular formula is C13H16BrNO2. The van der Waals surface area contributed by atoms with Crippen LogP contribution >= 0.6 is 15.9 Å². The Bertz CT molecular complexity index is 422. The van der Waals surface area contributed by atoms with Gasteiger partial charge in [0, 0.05) is 24.1 Å². The summed E-state index contributed by atoms with van der Waals surface area (Å²) in [5.41, 5.74) is 1.22. The van der Waals surface area contributed by atoms with Crippen LogP contribution in [0.4, 0.5) is 0 Å². The van der Waals surface area contributed by atoms with E-state index in [1.54, 1.807) is 0 Å². The smallest absolute Gasteiger partial charge is 0.308 e. The van der Waals surface area contributed by atoms with Crippen LogP contribution in [0.25, 0.3) is 0 Å². The fourth-order valence-corrected chi connectivity index (χ4v) is 2.86. The van der Waals surface area contributed by atoms with Crippen LogP contribution in [0, 0.1) is 11.8 Å². The summed E-state index contributed by atoms with van der Waals surface area (Å²) in [5.74, 6) is -0.656. The van der Waals surface area contributed by atoms with E-state index in [4.69, 9.17) is 5.11 Å². The van der Waals surface area contributed by atoms with Gasteiger partial charge < -0.3 is 5.11 Å². The van der Waals surface area contributed by atoms with Gasteiger partial charge in [-0.15, -0.1) is 0 Å². The van der Waals surface area contributed by atoms with Gasteiger partial charge in [0.15, 0.2) is 0 Å². The van der Waals surface area contributed by atoms with Crippen LogP contribution in [-0.2, 0) is 11.3 Å². The van der Waals surface area contributed by atoms with E-state index in [2.05, 4.69) is 33.0 Å². The maximum absolute atomic E-state index is 11.0. The van der Waals surface area contributed by atoms with E-state index >= 15 is 0 Å². The van der Waals surface area contributed by atoms with Crippen molar-refractivity contribution >= 4 is 21.9 Å². The van der Waals surface area contributed by atoms with Crippen molar-refractivity contribution in [3.63, 3.8) is 0 Å². The van der Waals surface area contributed by atoms with Crippen LogP contribution in [0.3, 0.4) is 0 Å². The Balaban J connectivity index is 2.00. The maximum Gasteiger partial charge on any atom is 0.308 e. The number of hydrogen-bond donors (Lipinski definition) is 1. The largest absolute Gasteiger partial charge is 0.481 e. The number of halogens is 1. The Morgan fingerprint density at radius 1 is 1.53 bits per heavy atom. The van der Waals surface area contributed by atoms with Gasteiger partial charge in [-0.25, -0.2) is 0 Å². The molecule has 2 atom stereocenters. The zero-order chi connectivity index (χ0) is 12.4. The van der Waals surface area contributed by atoms with Crippen molar-refractivity contribution in [2.45, 2.75) is 13.5 Å². The Morgan fingerprint density at radius 2 is 2.29 bits per heavy atom. The summed E-state index contributed by atoms with van der Waals surface area (Å²) >= 11 is 3.45. The summed E-state index contributed by atoms with van der Waals surface area (Å²) in [6.45, 7) is 4.36. The first kappa shape index (κ1) is 12.6. The van der Waals surface area contributed by atoms with Crippen molar-refractivity contribution in [2.24, 2.45) is 11.8 Å². The first-order valence-corrected chi connectivity index (χ1v) is 6.55. The van der Waals surface area contributed by atoms with E-state index in [9.17, 15) is 4.79 Å². The Morgan fingerprint density at radius 3 is 2.88 bits per heavy atom. The Kier molecular flexibility index (Phi) is 3.84. The van der Waals surface area contributed by atoms with Crippen molar-refractivity contribution < 1.29 is 9.90 Å². The molecular weight excluding hydrogens is 282 g/mol. The van der Waals surface area contributed by atoms with Gasteiger partial charge in [-0.2, -0.15) is 0 Å². The molecule has 0 saturated carbocycles. The van der Waals surface area contributed by atoms with Crippen molar-refractivity contribution in [1.29, 1.82) is 0 Å². The van der Waals surface area contributed by atoms with Crippen LogP contribution in [0.1, 0.15) is 12.5 Å². The lowest BCUT2D eigenvalue weighted by Gasteiger charge is -2.15. The minimum atomic E-state index is -0.672. The van der Waals surface area contributed by atoms with Crippen molar-refractivity contribution in [3.05, 3.63) is 34.3 Å². The number of aliphatic carboxylic acids is 1. The van der Waals surface area contributed by atoms with Gasteiger partial charge in [0.05, 0.1) is 5.92 Å². The van der Waals surface area contributed by atoms with Crippen molar-refractivity contribution in [3.8, 4) is 0 Å². The zero-order valence-electron chi connectivity index (χ0n) is 9.77. The van der Waals surface area contributed by atoms with E-state index < -0.39 is 5.97 Å². The molecule has 0 amide bonds. The van der Waals surface area contributed by atoms with Gasteiger partial charge in [-0.05, 0) is 23.6 Å². The fraction of sp³-hybridized carbons (Fsp3) is 0.462. The third-order valence-electron chi connectivity index (χ3n) is 3.30. The summed E-state index contributed by atoms with van der Waals surface area (Å²) in [4.78, 5) is 13.2. The molecule has 1 aromatic carbocycles. The van der Waals surface area contributed by atoms with Crippen LogP contribution in [0.15, 0.2) is 28.7 Å². The molecule has 1 fully saturated rings. The number of rotatable bonds is 3. The van der Waals surface area contributed by atoms with E-state index in [1.807, 2.05) is 19.1 Å². The van der Waals surface area contributed by atoms with E-state index in [0.29, 0.717) is 6.54 Å². The molecule has 1 heterocycles. The lowest BCUT2D eigenvalue weighted by atomic mass is 9.99. The summed E-state index contributed by atoms with van der Waals surface area (Å²) in [5, 5.41) is 9.08. The van der Waals surface area contributed by atoms with E-state index in [-0.39, 0.29) is 11.8 Å². The standard InChI is InChI=1S/C13H16BrNO2/c1-9-6-15(8-12(9)13(16)17)7-10-3-2-4-11(14)5-10/h2-5,9,12H,6-8H2,1H3,(H,16,17). The van der Waals surface area contributed by atoms with E-state index in [0.717, 1.165) is 17.6 Å². The zero-order valence-corrected chi connectivity index (χ0v) is 11.4. The second kappa shape index (κ2) is 5.19. The molecule has 0 aromatic heterocycles. The quantitative estimate of drug-likeness (QED) is 0.932. The van der Waals surface area contributed by atoms with Gasteiger partial charge in [0.1, 0.15) is 0 Å². The van der Waals surface area contributed by atoms with Crippen LogP contribution < -0.4 is 0 Å². The van der Waals surface area contributed by atoms with Crippen molar-refractivity contribution in [1.82, 2.24) is 4.90 Å². The fourth-order valence-electron chi connectivity index (χ4n) is 2.41. The molecule has 2 unspecified atom stereocenters.